The zero-order valence-corrected chi connectivity index (χ0v) is 18.2. The first-order valence-corrected chi connectivity index (χ1v) is 12.3. The minimum atomic E-state index is -3.02. The highest BCUT2D eigenvalue weighted by Gasteiger charge is 2.38. The number of para-hydroxylation sites is 1. The summed E-state index contributed by atoms with van der Waals surface area (Å²) in [5.41, 5.74) is 2.14. The van der Waals surface area contributed by atoms with Crippen molar-refractivity contribution in [3.05, 3.63) is 29.8 Å². The maximum absolute atomic E-state index is 13.2. The second kappa shape index (κ2) is 8.44. The fourth-order valence-electron chi connectivity index (χ4n) is 4.61. The molecule has 1 unspecified atom stereocenters. The molecule has 0 bridgehead atoms. The van der Waals surface area contributed by atoms with Crippen molar-refractivity contribution in [3.63, 3.8) is 0 Å². The molecule has 1 amide bonds. The van der Waals surface area contributed by atoms with Gasteiger partial charge in [-0.3, -0.25) is 4.79 Å². The van der Waals surface area contributed by atoms with Crippen LogP contribution in [0.5, 0.6) is 0 Å². The normalized spacial score (nSPS) is 22.8. The lowest BCUT2D eigenvalue weighted by Crippen LogP contribution is -2.50. The molecular weight excluding hydrogens is 372 g/mol. The van der Waals surface area contributed by atoms with Gasteiger partial charge in [0.05, 0.1) is 18.1 Å². The number of nitrogens with zero attached hydrogens (tertiary/aromatic N) is 1. The van der Waals surface area contributed by atoms with Gasteiger partial charge in [-0.1, -0.05) is 58.2 Å². The Bertz CT molecular complexity index is 792. The van der Waals surface area contributed by atoms with Crippen molar-refractivity contribution in [2.24, 2.45) is 0 Å². The lowest BCUT2D eigenvalue weighted by atomic mass is 9.86. The van der Waals surface area contributed by atoms with E-state index in [0.29, 0.717) is 6.42 Å². The van der Waals surface area contributed by atoms with E-state index in [9.17, 15) is 13.2 Å². The molecule has 0 radical (unpaired) electrons. The summed E-state index contributed by atoms with van der Waals surface area (Å²) in [6.45, 7) is 6.69. The van der Waals surface area contributed by atoms with Crippen molar-refractivity contribution >= 4 is 21.4 Å². The van der Waals surface area contributed by atoms with Crippen LogP contribution in [0.2, 0.25) is 0 Å². The van der Waals surface area contributed by atoms with Gasteiger partial charge in [0, 0.05) is 17.8 Å². The maximum Gasteiger partial charge on any atom is 0.242 e. The van der Waals surface area contributed by atoms with E-state index >= 15 is 0 Å². The standard InChI is InChI=1S/C22H34N2O3S/c1-22(2,3)19-11-7-8-12-20(19)23-15-21(25)24(17-9-5-4-6-10-17)18-13-14-28(26,27)16-18/h7-8,11-12,17-18,23H,4-6,9-10,13-16H2,1-3H3. The lowest BCUT2D eigenvalue weighted by Gasteiger charge is -2.38. The molecule has 1 aliphatic carbocycles. The number of amides is 1. The highest BCUT2D eigenvalue weighted by molar-refractivity contribution is 7.91. The number of rotatable bonds is 5. The van der Waals surface area contributed by atoms with Crippen LogP contribution in [0, 0.1) is 0 Å². The Balaban J connectivity index is 1.75. The first-order valence-electron chi connectivity index (χ1n) is 10.5. The highest BCUT2D eigenvalue weighted by Crippen LogP contribution is 2.30. The predicted octanol–water partition coefficient (Wildman–Crippen LogP) is 3.74. The van der Waals surface area contributed by atoms with Crippen molar-refractivity contribution in [3.8, 4) is 0 Å². The van der Waals surface area contributed by atoms with E-state index in [0.717, 1.165) is 31.4 Å². The van der Waals surface area contributed by atoms with Gasteiger partial charge in [0.1, 0.15) is 0 Å². The van der Waals surface area contributed by atoms with Crippen LogP contribution in [-0.4, -0.2) is 49.4 Å². The molecule has 2 aliphatic rings. The molecule has 28 heavy (non-hydrogen) atoms. The van der Waals surface area contributed by atoms with Gasteiger partial charge in [0.15, 0.2) is 9.84 Å². The summed E-state index contributed by atoms with van der Waals surface area (Å²) in [5, 5.41) is 3.34. The first-order chi connectivity index (χ1) is 13.2. The van der Waals surface area contributed by atoms with E-state index in [1.165, 1.54) is 12.0 Å². The summed E-state index contributed by atoms with van der Waals surface area (Å²) >= 11 is 0. The Morgan fingerprint density at radius 2 is 1.75 bits per heavy atom. The molecule has 1 aliphatic heterocycles. The molecule has 5 nitrogen and oxygen atoms in total. The summed E-state index contributed by atoms with van der Waals surface area (Å²) in [5.74, 6) is 0.347. The molecule has 6 heteroatoms. The van der Waals surface area contributed by atoms with Gasteiger partial charge in [-0.2, -0.15) is 0 Å². The van der Waals surface area contributed by atoms with Gasteiger partial charge in [-0.25, -0.2) is 8.42 Å². The third-order valence-electron chi connectivity index (χ3n) is 6.02. The molecule has 1 aromatic rings. The molecule has 1 atom stereocenters. The van der Waals surface area contributed by atoms with Crippen LogP contribution in [0.25, 0.3) is 0 Å². The van der Waals surface area contributed by atoms with Gasteiger partial charge < -0.3 is 10.2 Å². The van der Waals surface area contributed by atoms with E-state index in [4.69, 9.17) is 0 Å². The van der Waals surface area contributed by atoms with Crippen molar-refractivity contribution in [2.45, 2.75) is 76.8 Å². The Hall–Kier alpha value is -1.56. The minimum Gasteiger partial charge on any atom is -0.376 e. The van der Waals surface area contributed by atoms with Crippen molar-refractivity contribution < 1.29 is 13.2 Å². The van der Waals surface area contributed by atoms with Crippen LogP contribution in [0.15, 0.2) is 24.3 Å². The van der Waals surface area contributed by atoms with E-state index in [2.05, 4.69) is 32.2 Å². The Labute approximate surface area is 169 Å². The molecule has 0 spiro atoms. The zero-order valence-electron chi connectivity index (χ0n) is 17.4. The van der Waals surface area contributed by atoms with Crippen LogP contribution in [-0.2, 0) is 20.0 Å². The zero-order chi connectivity index (χ0) is 20.4. The second-order valence-electron chi connectivity index (χ2n) is 9.30. The molecule has 1 N–H and O–H groups in total. The topological polar surface area (TPSA) is 66.5 Å². The van der Waals surface area contributed by atoms with Crippen LogP contribution < -0.4 is 5.32 Å². The number of sulfone groups is 1. The monoisotopic (exact) mass is 406 g/mol. The number of anilines is 1. The fourth-order valence-corrected chi connectivity index (χ4v) is 6.32. The highest BCUT2D eigenvalue weighted by atomic mass is 32.2. The number of hydrogen-bond donors (Lipinski definition) is 1. The molecule has 1 saturated heterocycles. The molecular formula is C22H34N2O3S. The van der Waals surface area contributed by atoms with E-state index in [1.54, 1.807) is 0 Å². The van der Waals surface area contributed by atoms with Gasteiger partial charge in [-0.15, -0.1) is 0 Å². The van der Waals surface area contributed by atoms with Crippen molar-refractivity contribution in [1.82, 2.24) is 4.90 Å². The van der Waals surface area contributed by atoms with Crippen LogP contribution in [0.4, 0.5) is 5.69 Å². The molecule has 2 fully saturated rings. The molecule has 0 aromatic heterocycles. The Morgan fingerprint density at radius 3 is 2.36 bits per heavy atom. The van der Waals surface area contributed by atoms with E-state index in [1.807, 2.05) is 23.1 Å². The predicted molar refractivity (Wildman–Crippen MR) is 114 cm³/mol. The average Bonchev–Trinajstić information content (AvgIpc) is 3.00. The summed E-state index contributed by atoms with van der Waals surface area (Å²) in [4.78, 5) is 15.2. The second-order valence-corrected chi connectivity index (χ2v) is 11.5. The molecule has 1 saturated carbocycles. The van der Waals surface area contributed by atoms with Crippen LogP contribution in [0.3, 0.4) is 0 Å². The van der Waals surface area contributed by atoms with Crippen molar-refractivity contribution in [1.29, 1.82) is 0 Å². The lowest BCUT2D eigenvalue weighted by molar-refractivity contribution is -0.134. The summed E-state index contributed by atoms with van der Waals surface area (Å²) < 4.78 is 24.1. The number of carbonyl (C=O) groups is 1. The third-order valence-corrected chi connectivity index (χ3v) is 7.77. The molecule has 3 rings (SSSR count). The summed E-state index contributed by atoms with van der Waals surface area (Å²) in [7, 11) is -3.02. The molecule has 156 valence electrons. The molecule has 1 aromatic carbocycles. The molecule has 1 heterocycles. The number of benzene rings is 1. The van der Waals surface area contributed by atoms with Gasteiger partial charge in [0.25, 0.3) is 0 Å². The van der Waals surface area contributed by atoms with Gasteiger partial charge in [0.2, 0.25) is 5.91 Å². The maximum atomic E-state index is 13.2. The van der Waals surface area contributed by atoms with E-state index in [-0.39, 0.29) is 41.5 Å². The third kappa shape index (κ3) is 5.07. The largest absolute Gasteiger partial charge is 0.376 e. The number of carbonyl (C=O) groups excluding carboxylic acids is 1. The van der Waals surface area contributed by atoms with Crippen LogP contribution >= 0.6 is 0 Å². The Morgan fingerprint density at radius 1 is 1.07 bits per heavy atom. The van der Waals surface area contributed by atoms with Gasteiger partial charge in [-0.05, 0) is 36.3 Å². The fraction of sp³-hybridized carbons (Fsp3) is 0.682. The summed E-state index contributed by atoms with van der Waals surface area (Å²) in [6.07, 6.45) is 5.99. The minimum absolute atomic E-state index is 0.0186. The SMILES string of the molecule is CC(C)(C)c1ccccc1NCC(=O)N(C1CCCCC1)C1CCS(=O)(=O)C1. The van der Waals surface area contributed by atoms with Crippen LogP contribution in [0.1, 0.15) is 64.9 Å². The summed E-state index contributed by atoms with van der Waals surface area (Å²) in [6, 6.07) is 8.11. The quantitative estimate of drug-likeness (QED) is 0.809. The first kappa shape index (κ1) is 21.2. The number of hydrogen-bond acceptors (Lipinski definition) is 4. The number of nitrogens with one attached hydrogen (secondary N) is 1. The van der Waals surface area contributed by atoms with E-state index < -0.39 is 9.84 Å². The van der Waals surface area contributed by atoms with Crippen molar-refractivity contribution in [2.75, 3.05) is 23.4 Å². The Kier molecular flexibility index (Phi) is 6.37. The average molecular weight is 407 g/mol. The smallest absolute Gasteiger partial charge is 0.242 e. The van der Waals surface area contributed by atoms with Gasteiger partial charge >= 0.3 is 0 Å².